The minimum atomic E-state index is -0.427. The molecule has 29 heavy (non-hydrogen) atoms. The summed E-state index contributed by atoms with van der Waals surface area (Å²) in [5, 5.41) is 16.9. The number of hydrogen-bond donors (Lipinski definition) is 1. The molecular weight excluding hydrogens is 390 g/mol. The Labute approximate surface area is 171 Å². The van der Waals surface area contributed by atoms with Crippen molar-refractivity contribution in [1.82, 2.24) is 15.3 Å². The molecule has 0 unspecified atom stereocenters. The molecule has 1 N–H and O–H groups in total. The van der Waals surface area contributed by atoms with Gasteiger partial charge in [0.2, 0.25) is 0 Å². The molecule has 148 valence electrons. The van der Waals surface area contributed by atoms with Crippen LogP contribution in [0, 0.1) is 10.1 Å². The molecule has 0 radical (unpaired) electrons. The minimum Gasteiger partial charge on any atom is -0.366 e. The van der Waals surface area contributed by atoms with Gasteiger partial charge in [-0.25, -0.2) is 4.98 Å². The van der Waals surface area contributed by atoms with Crippen LogP contribution in [-0.4, -0.2) is 33.9 Å². The van der Waals surface area contributed by atoms with Crippen LogP contribution in [0.15, 0.2) is 48.0 Å². The Hall–Kier alpha value is -3.33. The molecule has 1 aromatic carbocycles. The predicted octanol–water partition coefficient (Wildman–Crippen LogP) is 3.64. The molecular formula is C20H19N5O3S. The molecule has 1 aliphatic rings. The van der Waals surface area contributed by atoms with Crippen molar-refractivity contribution >= 4 is 28.6 Å². The van der Waals surface area contributed by atoms with Crippen LogP contribution in [0.25, 0.3) is 10.7 Å². The Balaban J connectivity index is 1.45. The monoisotopic (exact) mass is 409 g/mol. The lowest BCUT2D eigenvalue weighted by Crippen LogP contribution is -2.24. The number of thiazole rings is 1. The average molecular weight is 409 g/mol. The summed E-state index contributed by atoms with van der Waals surface area (Å²) in [6.45, 7) is 1.84. The van der Waals surface area contributed by atoms with Gasteiger partial charge in [-0.3, -0.25) is 19.9 Å². The first-order valence-corrected chi connectivity index (χ1v) is 10.2. The Morgan fingerprint density at radius 3 is 2.79 bits per heavy atom. The summed E-state index contributed by atoms with van der Waals surface area (Å²) in [4.78, 5) is 34.3. The molecule has 1 saturated heterocycles. The van der Waals surface area contributed by atoms with E-state index in [2.05, 4.69) is 15.3 Å². The lowest BCUT2D eigenvalue weighted by Gasteiger charge is -2.17. The summed E-state index contributed by atoms with van der Waals surface area (Å²) >= 11 is 1.45. The summed E-state index contributed by atoms with van der Waals surface area (Å²) in [7, 11) is 0. The number of pyridine rings is 1. The Kier molecular flexibility index (Phi) is 5.48. The second-order valence-corrected chi connectivity index (χ2v) is 7.55. The summed E-state index contributed by atoms with van der Waals surface area (Å²) < 4.78 is 0. The van der Waals surface area contributed by atoms with Gasteiger partial charge in [-0.1, -0.05) is 6.07 Å². The largest absolute Gasteiger partial charge is 0.366 e. The number of carbonyl (C=O) groups is 1. The van der Waals surface area contributed by atoms with Crippen molar-refractivity contribution < 1.29 is 9.72 Å². The minimum absolute atomic E-state index is 0.0364. The van der Waals surface area contributed by atoms with Crippen LogP contribution < -0.4 is 10.2 Å². The second-order valence-electron chi connectivity index (χ2n) is 6.70. The van der Waals surface area contributed by atoms with Gasteiger partial charge in [0.25, 0.3) is 11.6 Å². The zero-order valence-corrected chi connectivity index (χ0v) is 16.4. The van der Waals surface area contributed by atoms with Gasteiger partial charge in [0.15, 0.2) is 0 Å². The third-order valence-electron chi connectivity index (χ3n) is 4.75. The van der Waals surface area contributed by atoms with Crippen molar-refractivity contribution in [3.8, 4) is 10.7 Å². The topological polar surface area (TPSA) is 101 Å². The standard InChI is InChI=1S/C20H19N5O3S/c26-19(22-12-15-13-29-20(23-15)16-5-1-2-8-21-16)14-6-7-17(18(11-14)25(27)28)24-9-3-4-10-24/h1-2,5-8,11,13H,3-4,9-10,12H2,(H,22,26). The maximum Gasteiger partial charge on any atom is 0.293 e. The predicted molar refractivity (Wildman–Crippen MR) is 111 cm³/mol. The molecule has 0 spiro atoms. The first kappa shape index (κ1) is 19.0. The van der Waals surface area contributed by atoms with Crippen LogP contribution in [0.5, 0.6) is 0 Å². The van der Waals surface area contributed by atoms with Crippen LogP contribution >= 0.6 is 11.3 Å². The molecule has 4 rings (SSSR count). The molecule has 2 aromatic heterocycles. The van der Waals surface area contributed by atoms with E-state index in [4.69, 9.17) is 0 Å². The van der Waals surface area contributed by atoms with Gasteiger partial charge in [-0.2, -0.15) is 0 Å². The molecule has 0 saturated carbocycles. The maximum atomic E-state index is 12.5. The molecule has 8 nitrogen and oxygen atoms in total. The lowest BCUT2D eigenvalue weighted by atomic mass is 10.1. The Bertz CT molecular complexity index is 1030. The number of hydrogen-bond acceptors (Lipinski definition) is 7. The van der Waals surface area contributed by atoms with Crippen molar-refractivity contribution in [2.75, 3.05) is 18.0 Å². The van der Waals surface area contributed by atoms with Crippen molar-refractivity contribution in [2.45, 2.75) is 19.4 Å². The Morgan fingerprint density at radius 1 is 1.24 bits per heavy atom. The summed E-state index contributed by atoms with van der Waals surface area (Å²) in [5.74, 6) is -0.367. The number of nitro benzene ring substituents is 1. The molecule has 3 heterocycles. The van der Waals surface area contributed by atoms with Crippen LogP contribution in [0.3, 0.4) is 0 Å². The maximum absolute atomic E-state index is 12.5. The van der Waals surface area contributed by atoms with E-state index in [-0.39, 0.29) is 23.7 Å². The highest BCUT2D eigenvalue weighted by atomic mass is 32.1. The van der Waals surface area contributed by atoms with Gasteiger partial charge in [0.1, 0.15) is 10.7 Å². The summed E-state index contributed by atoms with van der Waals surface area (Å²) in [6.07, 6.45) is 3.75. The first-order valence-electron chi connectivity index (χ1n) is 9.29. The zero-order valence-electron chi connectivity index (χ0n) is 15.6. The molecule has 0 atom stereocenters. The number of carbonyl (C=O) groups excluding carboxylic acids is 1. The van der Waals surface area contributed by atoms with Gasteiger partial charge in [0.05, 0.1) is 22.9 Å². The first-order chi connectivity index (χ1) is 14.1. The number of nitro groups is 1. The number of anilines is 1. The highest BCUT2D eigenvalue weighted by molar-refractivity contribution is 7.13. The number of nitrogens with zero attached hydrogens (tertiary/aromatic N) is 4. The van der Waals surface area contributed by atoms with Crippen LogP contribution in [-0.2, 0) is 6.54 Å². The van der Waals surface area contributed by atoms with Crippen molar-refractivity contribution in [3.63, 3.8) is 0 Å². The fraction of sp³-hybridized carbons (Fsp3) is 0.250. The van der Waals surface area contributed by atoms with Crippen molar-refractivity contribution in [1.29, 1.82) is 0 Å². The van der Waals surface area contributed by atoms with E-state index in [0.717, 1.165) is 36.6 Å². The molecule has 0 aliphatic carbocycles. The second kappa shape index (κ2) is 8.36. The molecule has 3 aromatic rings. The van der Waals surface area contributed by atoms with E-state index >= 15 is 0 Å². The quantitative estimate of drug-likeness (QED) is 0.493. The van der Waals surface area contributed by atoms with Crippen molar-refractivity contribution in [2.24, 2.45) is 0 Å². The van der Waals surface area contributed by atoms with Crippen LogP contribution in [0.2, 0.25) is 0 Å². The van der Waals surface area contributed by atoms with Crippen LogP contribution in [0.4, 0.5) is 11.4 Å². The van der Waals surface area contributed by atoms with E-state index in [1.807, 2.05) is 28.5 Å². The lowest BCUT2D eigenvalue weighted by molar-refractivity contribution is -0.384. The highest BCUT2D eigenvalue weighted by Gasteiger charge is 2.23. The number of aromatic nitrogens is 2. The fourth-order valence-electron chi connectivity index (χ4n) is 3.30. The van der Waals surface area contributed by atoms with E-state index in [9.17, 15) is 14.9 Å². The summed E-state index contributed by atoms with van der Waals surface area (Å²) in [6, 6.07) is 10.3. The Morgan fingerprint density at radius 2 is 2.07 bits per heavy atom. The number of rotatable bonds is 6. The fourth-order valence-corrected chi connectivity index (χ4v) is 4.10. The van der Waals surface area contributed by atoms with E-state index in [1.54, 1.807) is 18.3 Å². The van der Waals surface area contributed by atoms with Gasteiger partial charge in [-0.15, -0.1) is 11.3 Å². The number of benzene rings is 1. The van der Waals surface area contributed by atoms with E-state index in [0.29, 0.717) is 11.4 Å². The van der Waals surface area contributed by atoms with Gasteiger partial charge in [0, 0.05) is 36.3 Å². The van der Waals surface area contributed by atoms with Gasteiger partial charge < -0.3 is 10.2 Å². The summed E-state index contributed by atoms with van der Waals surface area (Å²) in [5.41, 5.74) is 2.30. The molecule has 1 aliphatic heterocycles. The highest BCUT2D eigenvalue weighted by Crippen LogP contribution is 2.31. The van der Waals surface area contributed by atoms with Gasteiger partial charge >= 0.3 is 0 Å². The number of nitrogens with one attached hydrogen (secondary N) is 1. The molecule has 9 heteroatoms. The number of amides is 1. The third-order valence-corrected chi connectivity index (χ3v) is 5.66. The SMILES string of the molecule is O=C(NCc1csc(-c2ccccn2)n1)c1ccc(N2CCCC2)c([N+](=O)[O-])c1. The molecule has 1 amide bonds. The zero-order chi connectivity index (χ0) is 20.2. The van der Waals surface area contributed by atoms with Gasteiger partial charge in [-0.05, 0) is 37.1 Å². The molecule has 0 bridgehead atoms. The normalized spacial score (nSPS) is 13.4. The van der Waals surface area contributed by atoms with Crippen LogP contribution in [0.1, 0.15) is 28.9 Å². The van der Waals surface area contributed by atoms with E-state index < -0.39 is 4.92 Å². The smallest absolute Gasteiger partial charge is 0.293 e. The third kappa shape index (κ3) is 4.24. The van der Waals surface area contributed by atoms with Crippen molar-refractivity contribution in [3.05, 3.63) is 69.3 Å². The average Bonchev–Trinajstić information content (AvgIpc) is 3.44. The molecule has 1 fully saturated rings. The van der Waals surface area contributed by atoms with E-state index in [1.165, 1.54) is 17.4 Å².